The molecule has 3 aromatic carbocycles. The third-order valence-electron chi connectivity index (χ3n) is 5.75. The molecule has 1 N–H and O–H groups in total. The Morgan fingerprint density at radius 2 is 1.60 bits per heavy atom. The zero-order valence-corrected chi connectivity index (χ0v) is 20.6. The average molecular weight is 512 g/mol. The van der Waals surface area contributed by atoms with Crippen molar-refractivity contribution in [3.8, 4) is 11.5 Å². The molecule has 6 nitrogen and oxygen atoms in total. The van der Waals surface area contributed by atoms with Crippen LogP contribution in [0.4, 0.5) is 0 Å². The highest BCUT2D eigenvalue weighted by Crippen LogP contribution is 2.41. The zero-order chi connectivity index (χ0) is 25.1. The second kappa shape index (κ2) is 10.4. The van der Waals surface area contributed by atoms with Crippen LogP contribution in [0.1, 0.15) is 29.7 Å². The Labute approximate surface area is 213 Å². The van der Waals surface area contributed by atoms with Gasteiger partial charge in [0.1, 0.15) is 17.3 Å². The number of hydrogen-bond acceptors (Lipinski definition) is 5. The third kappa shape index (κ3) is 4.99. The van der Waals surface area contributed by atoms with E-state index < -0.39 is 17.7 Å². The number of nitrogens with zero attached hydrogens (tertiary/aromatic N) is 1. The first-order valence-electron chi connectivity index (χ1n) is 10.9. The molecular weight excluding hydrogens is 489 g/mol. The fraction of sp³-hybridized carbons (Fsp3) is 0.185. The monoisotopic (exact) mass is 511 g/mol. The number of ketones is 1. The number of halogens is 2. The molecule has 0 spiro atoms. The summed E-state index contributed by atoms with van der Waals surface area (Å²) < 4.78 is 10.7. The van der Waals surface area contributed by atoms with Gasteiger partial charge in [-0.3, -0.25) is 9.59 Å². The molecular formula is C27H23Cl2NO5. The van der Waals surface area contributed by atoms with Crippen molar-refractivity contribution in [2.75, 3.05) is 13.7 Å². The minimum atomic E-state index is -0.818. The van der Waals surface area contributed by atoms with Crippen LogP contribution in [0.15, 0.2) is 72.3 Å². The molecule has 0 saturated carbocycles. The van der Waals surface area contributed by atoms with Crippen molar-refractivity contribution < 1.29 is 24.2 Å². The van der Waals surface area contributed by atoms with Gasteiger partial charge < -0.3 is 19.5 Å². The largest absolute Gasteiger partial charge is 0.507 e. The number of benzene rings is 3. The Hall–Kier alpha value is -3.48. The van der Waals surface area contributed by atoms with E-state index in [1.54, 1.807) is 37.4 Å². The lowest BCUT2D eigenvalue weighted by molar-refractivity contribution is -0.140. The summed E-state index contributed by atoms with van der Waals surface area (Å²) in [4.78, 5) is 27.8. The predicted octanol–water partition coefficient (Wildman–Crippen LogP) is 6.02. The second-order valence-electron chi connectivity index (χ2n) is 7.91. The summed E-state index contributed by atoms with van der Waals surface area (Å²) in [6.07, 6.45) is 0. The fourth-order valence-electron chi connectivity index (χ4n) is 4.03. The van der Waals surface area contributed by atoms with Gasteiger partial charge >= 0.3 is 0 Å². The van der Waals surface area contributed by atoms with Gasteiger partial charge in [0.25, 0.3) is 11.7 Å². The van der Waals surface area contributed by atoms with E-state index in [0.717, 1.165) is 5.56 Å². The first-order valence-corrected chi connectivity index (χ1v) is 11.7. The van der Waals surface area contributed by atoms with Gasteiger partial charge in [-0.1, -0.05) is 47.5 Å². The Balaban J connectivity index is 1.80. The number of ether oxygens (including phenoxy) is 2. The van der Waals surface area contributed by atoms with E-state index in [1.807, 2.05) is 31.2 Å². The number of amides is 1. The van der Waals surface area contributed by atoms with Crippen molar-refractivity contribution >= 4 is 40.7 Å². The Morgan fingerprint density at radius 3 is 2.20 bits per heavy atom. The van der Waals surface area contributed by atoms with E-state index in [9.17, 15) is 14.7 Å². The maximum absolute atomic E-state index is 13.2. The van der Waals surface area contributed by atoms with Crippen LogP contribution >= 0.6 is 23.2 Å². The molecule has 0 aromatic heterocycles. The van der Waals surface area contributed by atoms with Crippen molar-refractivity contribution in [2.45, 2.75) is 19.5 Å². The molecule has 1 unspecified atom stereocenters. The molecule has 1 fully saturated rings. The number of carbonyl (C=O) groups is 2. The normalized spacial score (nSPS) is 17.0. The molecule has 1 amide bonds. The van der Waals surface area contributed by atoms with Crippen molar-refractivity contribution in [1.29, 1.82) is 0 Å². The number of likely N-dealkylation sites (tertiary alicyclic amines) is 1. The summed E-state index contributed by atoms with van der Waals surface area (Å²) in [6, 6.07) is 18.0. The lowest BCUT2D eigenvalue weighted by atomic mass is 9.95. The van der Waals surface area contributed by atoms with Crippen molar-refractivity contribution in [2.24, 2.45) is 0 Å². The van der Waals surface area contributed by atoms with Gasteiger partial charge in [0.15, 0.2) is 0 Å². The van der Waals surface area contributed by atoms with Gasteiger partial charge in [0.05, 0.1) is 35.4 Å². The Kier molecular flexibility index (Phi) is 7.34. The lowest BCUT2D eigenvalue weighted by Crippen LogP contribution is -2.29. The van der Waals surface area contributed by atoms with Crippen LogP contribution in [0.25, 0.3) is 5.76 Å². The molecule has 0 aliphatic carbocycles. The van der Waals surface area contributed by atoms with Gasteiger partial charge in [-0.05, 0) is 60.5 Å². The van der Waals surface area contributed by atoms with Crippen LogP contribution in [0.2, 0.25) is 10.0 Å². The average Bonchev–Trinajstić information content (AvgIpc) is 3.11. The molecule has 1 atom stereocenters. The molecule has 0 bridgehead atoms. The minimum absolute atomic E-state index is 0.0236. The van der Waals surface area contributed by atoms with Gasteiger partial charge in [-0.15, -0.1) is 0 Å². The summed E-state index contributed by atoms with van der Waals surface area (Å²) in [7, 11) is 1.55. The van der Waals surface area contributed by atoms with E-state index in [-0.39, 0.29) is 28.5 Å². The van der Waals surface area contributed by atoms with Crippen LogP contribution in [0.3, 0.4) is 0 Å². The first-order chi connectivity index (χ1) is 16.8. The summed E-state index contributed by atoms with van der Waals surface area (Å²) >= 11 is 12.2. The highest BCUT2D eigenvalue weighted by Gasteiger charge is 2.46. The smallest absolute Gasteiger partial charge is 0.295 e. The summed E-state index contributed by atoms with van der Waals surface area (Å²) in [5.74, 6) is -0.468. The van der Waals surface area contributed by atoms with Gasteiger partial charge in [-0.2, -0.15) is 0 Å². The lowest BCUT2D eigenvalue weighted by Gasteiger charge is -2.25. The molecule has 1 aliphatic rings. The number of aliphatic hydroxyl groups is 1. The number of carbonyl (C=O) groups excluding carboxylic acids is 2. The minimum Gasteiger partial charge on any atom is -0.507 e. The van der Waals surface area contributed by atoms with Crippen LogP contribution in [0, 0.1) is 0 Å². The van der Waals surface area contributed by atoms with E-state index in [0.29, 0.717) is 28.7 Å². The van der Waals surface area contributed by atoms with E-state index in [4.69, 9.17) is 32.7 Å². The quantitative estimate of drug-likeness (QED) is 0.238. The molecule has 4 rings (SSSR count). The van der Waals surface area contributed by atoms with Crippen LogP contribution in [0.5, 0.6) is 11.5 Å². The van der Waals surface area contributed by atoms with Crippen molar-refractivity contribution in [1.82, 2.24) is 4.90 Å². The van der Waals surface area contributed by atoms with Crippen molar-refractivity contribution in [3.05, 3.63) is 99.0 Å². The highest BCUT2D eigenvalue weighted by molar-refractivity contribution is 6.46. The van der Waals surface area contributed by atoms with Crippen molar-refractivity contribution in [3.63, 3.8) is 0 Å². The van der Waals surface area contributed by atoms with Gasteiger partial charge in [0, 0.05) is 12.1 Å². The zero-order valence-electron chi connectivity index (χ0n) is 19.1. The van der Waals surface area contributed by atoms with E-state index >= 15 is 0 Å². The number of aliphatic hydroxyl groups excluding tert-OH is 1. The molecule has 8 heteroatoms. The van der Waals surface area contributed by atoms with E-state index in [1.165, 1.54) is 17.0 Å². The predicted molar refractivity (Wildman–Crippen MR) is 135 cm³/mol. The number of hydrogen-bond donors (Lipinski definition) is 1. The third-order valence-corrected chi connectivity index (χ3v) is 6.49. The summed E-state index contributed by atoms with van der Waals surface area (Å²) in [5.41, 5.74) is 1.72. The van der Waals surface area contributed by atoms with E-state index in [2.05, 4.69) is 0 Å². The first kappa shape index (κ1) is 24.6. The molecule has 3 aromatic rings. The maximum Gasteiger partial charge on any atom is 0.295 e. The fourth-order valence-corrected chi connectivity index (χ4v) is 4.33. The highest BCUT2D eigenvalue weighted by atomic mass is 35.5. The van der Waals surface area contributed by atoms with Gasteiger partial charge in [0.2, 0.25) is 0 Å². The molecule has 1 heterocycles. The van der Waals surface area contributed by atoms with Crippen LogP contribution in [-0.4, -0.2) is 35.4 Å². The van der Waals surface area contributed by atoms with Crippen LogP contribution < -0.4 is 9.47 Å². The summed E-state index contributed by atoms with van der Waals surface area (Å²) in [6.45, 7) is 2.60. The Bertz CT molecular complexity index is 1290. The van der Waals surface area contributed by atoms with Crippen LogP contribution in [-0.2, 0) is 16.1 Å². The Morgan fingerprint density at radius 1 is 0.943 bits per heavy atom. The molecule has 35 heavy (non-hydrogen) atoms. The molecule has 0 radical (unpaired) electrons. The maximum atomic E-state index is 13.2. The molecule has 1 aliphatic heterocycles. The molecule has 1 saturated heterocycles. The SMILES string of the molecule is CCOc1ccc(CN2C(=O)C(=O)/C(=C(\O)c3ccc(Cl)c(Cl)c3)C2c2ccc(OC)cc2)cc1. The standard InChI is InChI=1S/C27H23Cl2NO5/c1-3-35-20-9-4-16(5-10-20)15-30-24(17-6-11-19(34-2)12-7-17)23(26(32)27(30)33)25(31)18-8-13-21(28)22(29)14-18/h4-14,24,31H,3,15H2,1-2H3/b25-23-. The summed E-state index contributed by atoms with van der Waals surface area (Å²) in [5, 5.41) is 11.7. The van der Waals surface area contributed by atoms with Gasteiger partial charge in [-0.25, -0.2) is 0 Å². The number of Topliss-reactive ketones (excluding diaryl/α,β-unsaturated/α-hetero) is 1. The topological polar surface area (TPSA) is 76.1 Å². The molecule has 180 valence electrons. The number of rotatable bonds is 7. The number of methoxy groups -OCH3 is 1. The second-order valence-corrected chi connectivity index (χ2v) is 8.72.